The number of carbonyl (C=O) groups is 2. The minimum Gasteiger partial charge on any atom is -0.403 e. The van der Waals surface area contributed by atoms with Crippen molar-refractivity contribution in [1.29, 1.82) is 0 Å². The summed E-state index contributed by atoms with van der Waals surface area (Å²) in [6, 6.07) is 0. The molecule has 4 nitrogen and oxygen atoms in total. The number of thioether (sulfide) groups is 2. The van der Waals surface area contributed by atoms with Crippen molar-refractivity contribution in [2.45, 2.75) is 38.6 Å². The first-order valence-electron chi connectivity index (χ1n) is 5.89. The standard InChI is InChI=1S/C12H16O4S2/c1-6(2)10-11(7(3)4)18-12(17-10)15-8(13)5-9(14)16-12/h6-7H,5H2,1-4H3. The Bertz CT molecular complexity index is 388. The normalized spacial score (nSPS) is 23.0. The zero-order chi connectivity index (χ0) is 13.5. The average Bonchev–Trinajstić information content (AvgIpc) is 2.55. The van der Waals surface area contributed by atoms with Gasteiger partial charge in [-0.2, -0.15) is 0 Å². The zero-order valence-corrected chi connectivity index (χ0v) is 12.4. The van der Waals surface area contributed by atoms with E-state index in [0.29, 0.717) is 11.8 Å². The van der Waals surface area contributed by atoms with Gasteiger partial charge in [-0.3, -0.25) is 9.59 Å². The Morgan fingerprint density at radius 3 is 1.67 bits per heavy atom. The molecule has 2 rings (SSSR count). The summed E-state index contributed by atoms with van der Waals surface area (Å²) in [6.07, 6.45) is -0.295. The molecule has 0 amide bonds. The van der Waals surface area contributed by atoms with Gasteiger partial charge in [0.25, 0.3) is 0 Å². The summed E-state index contributed by atoms with van der Waals surface area (Å²) in [5.74, 6) is -0.393. The van der Waals surface area contributed by atoms with Crippen LogP contribution in [0.15, 0.2) is 9.81 Å². The van der Waals surface area contributed by atoms with Crippen molar-refractivity contribution in [2.24, 2.45) is 11.8 Å². The molecule has 0 saturated carbocycles. The van der Waals surface area contributed by atoms with Crippen LogP contribution < -0.4 is 0 Å². The van der Waals surface area contributed by atoms with Crippen LogP contribution in [0.3, 0.4) is 0 Å². The lowest BCUT2D eigenvalue weighted by Crippen LogP contribution is -2.38. The largest absolute Gasteiger partial charge is 0.403 e. The Hall–Kier alpha value is -0.620. The van der Waals surface area contributed by atoms with Crippen molar-refractivity contribution in [1.82, 2.24) is 0 Å². The molecule has 0 unspecified atom stereocenters. The van der Waals surface area contributed by atoms with Crippen LogP contribution in [-0.4, -0.2) is 16.4 Å². The Labute approximate surface area is 115 Å². The molecule has 1 fully saturated rings. The van der Waals surface area contributed by atoms with E-state index >= 15 is 0 Å². The van der Waals surface area contributed by atoms with Crippen molar-refractivity contribution in [3.63, 3.8) is 0 Å². The molecule has 1 saturated heterocycles. The van der Waals surface area contributed by atoms with Crippen LogP contribution in [0.1, 0.15) is 34.1 Å². The van der Waals surface area contributed by atoms with Crippen LogP contribution in [0.5, 0.6) is 0 Å². The van der Waals surface area contributed by atoms with E-state index in [1.165, 1.54) is 23.5 Å². The summed E-state index contributed by atoms with van der Waals surface area (Å²) >= 11 is 2.68. The van der Waals surface area contributed by atoms with E-state index in [-0.39, 0.29) is 6.42 Å². The van der Waals surface area contributed by atoms with E-state index < -0.39 is 16.4 Å². The monoisotopic (exact) mass is 288 g/mol. The fourth-order valence-electron chi connectivity index (χ4n) is 1.77. The van der Waals surface area contributed by atoms with Gasteiger partial charge in [-0.05, 0) is 35.4 Å². The first-order chi connectivity index (χ1) is 8.33. The third-order valence-corrected chi connectivity index (χ3v) is 5.81. The summed E-state index contributed by atoms with van der Waals surface area (Å²) in [6.45, 7) is 8.32. The molecule has 0 bridgehead atoms. The van der Waals surface area contributed by atoms with Gasteiger partial charge in [0.15, 0.2) is 0 Å². The maximum absolute atomic E-state index is 11.4. The number of rotatable bonds is 2. The minimum atomic E-state index is -1.22. The van der Waals surface area contributed by atoms with Crippen LogP contribution >= 0.6 is 23.5 Å². The topological polar surface area (TPSA) is 52.6 Å². The van der Waals surface area contributed by atoms with Gasteiger partial charge in [0, 0.05) is 9.81 Å². The number of carbonyl (C=O) groups excluding carboxylic acids is 2. The smallest absolute Gasteiger partial charge is 0.367 e. The van der Waals surface area contributed by atoms with Crippen molar-refractivity contribution >= 4 is 35.5 Å². The second-order valence-electron chi connectivity index (χ2n) is 4.87. The fraction of sp³-hybridized carbons (Fsp3) is 0.667. The number of allylic oxidation sites excluding steroid dienone is 2. The van der Waals surface area contributed by atoms with E-state index in [2.05, 4.69) is 27.7 Å². The van der Waals surface area contributed by atoms with Crippen molar-refractivity contribution in [3.8, 4) is 0 Å². The Balaban J connectivity index is 2.26. The quantitative estimate of drug-likeness (QED) is 0.575. The third-order valence-electron chi connectivity index (χ3n) is 2.53. The van der Waals surface area contributed by atoms with E-state index in [4.69, 9.17) is 9.47 Å². The molecule has 2 aliphatic heterocycles. The predicted octanol–water partition coefficient (Wildman–Crippen LogP) is 3.09. The number of esters is 2. The molecule has 1 spiro atoms. The van der Waals surface area contributed by atoms with Crippen molar-refractivity contribution in [2.75, 3.05) is 0 Å². The Kier molecular flexibility index (Phi) is 3.69. The summed E-state index contributed by atoms with van der Waals surface area (Å²) in [7, 11) is 0. The molecule has 0 N–H and O–H groups in total. The van der Waals surface area contributed by atoms with E-state index in [1.807, 2.05) is 0 Å². The molecule has 0 radical (unpaired) electrons. The average molecular weight is 288 g/mol. The Morgan fingerprint density at radius 1 is 0.944 bits per heavy atom. The van der Waals surface area contributed by atoms with Gasteiger partial charge >= 0.3 is 16.4 Å². The van der Waals surface area contributed by atoms with Gasteiger partial charge in [0.2, 0.25) is 0 Å². The zero-order valence-electron chi connectivity index (χ0n) is 10.8. The van der Waals surface area contributed by atoms with Crippen LogP contribution in [-0.2, 0) is 19.1 Å². The van der Waals surface area contributed by atoms with Crippen molar-refractivity contribution in [3.05, 3.63) is 9.81 Å². The van der Waals surface area contributed by atoms with Crippen molar-refractivity contribution < 1.29 is 19.1 Å². The third kappa shape index (κ3) is 2.54. The molecule has 0 aliphatic carbocycles. The summed E-state index contributed by atoms with van der Waals surface area (Å²) in [5, 5.41) is 0. The molecule has 0 aromatic heterocycles. The maximum atomic E-state index is 11.4. The number of ether oxygens (including phenoxy) is 2. The predicted molar refractivity (Wildman–Crippen MR) is 71.4 cm³/mol. The van der Waals surface area contributed by atoms with Crippen LogP contribution in [0.25, 0.3) is 0 Å². The van der Waals surface area contributed by atoms with Crippen LogP contribution in [0, 0.1) is 11.8 Å². The summed E-state index contributed by atoms with van der Waals surface area (Å²) < 4.78 is 9.32. The van der Waals surface area contributed by atoms with Gasteiger partial charge in [-0.15, -0.1) is 0 Å². The molecular formula is C12H16O4S2. The van der Waals surface area contributed by atoms with E-state index in [1.54, 1.807) is 0 Å². The van der Waals surface area contributed by atoms with Crippen LogP contribution in [0.2, 0.25) is 0 Å². The maximum Gasteiger partial charge on any atom is 0.367 e. The SMILES string of the molecule is CC(C)C1=C(C(C)C)SC2(OC(=O)CC(=O)O2)S1. The lowest BCUT2D eigenvalue weighted by molar-refractivity contribution is -0.193. The van der Waals surface area contributed by atoms with Gasteiger partial charge in [0.05, 0.1) is 0 Å². The second-order valence-corrected chi connectivity index (χ2v) is 7.49. The molecule has 0 atom stereocenters. The Morgan fingerprint density at radius 2 is 1.33 bits per heavy atom. The molecule has 100 valence electrons. The number of hydrogen-bond acceptors (Lipinski definition) is 6. The highest BCUT2D eigenvalue weighted by Gasteiger charge is 2.52. The first kappa shape index (κ1) is 13.8. The lowest BCUT2D eigenvalue weighted by atomic mass is 10.1. The highest BCUT2D eigenvalue weighted by atomic mass is 32.2. The number of hydrogen-bond donors (Lipinski definition) is 0. The molecule has 2 aliphatic rings. The van der Waals surface area contributed by atoms with Gasteiger partial charge in [0.1, 0.15) is 6.42 Å². The highest BCUT2D eigenvalue weighted by Crippen LogP contribution is 2.60. The summed E-state index contributed by atoms with van der Waals surface area (Å²) in [4.78, 5) is 25.1. The lowest BCUT2D eigenvalue weighted by Gasteiger charge is -2.30. The van der Waals surface area contributed by atoms with Gasteiger partial charge in [-0.25, -0.2) is 0 Å². The minimum absolute atomic E-state index is 0.295. The van der Waals surface area contributed by atoms with Gasteiger partial charge < -0.3 is 9.47 Å². The van der Waals surface area contributed by atoms with E-state index in [0.717, 1.165) is 9.81 Å². The molecule has 6 heteroatoms. The molecule has 18 heavy (non-hydrogen) atoms. The molecular weight excluding hydrogens is 272 g/mol. The first-order valence-corrected chi connectivity index (χ1v) is 7.52. The fourth-order valence-corrected chi connectivity index (χ4v) is 4.94. The second kappa shape index (κ2) is 4.81. The molecule has 0 aromatic rings. The molecule has 0 aromatic carbocycles. The summed E-state index contributed by atoms with van der Waals surface area (Å²) in [5.41, 5.74) is 0. The van der Waals surface area contributed by atoms with E-state index in [9.17, 15) is 9.59 Å². The van der Waals surface area contributed by atoms with Crippen LogP contribution in [0.4, 0.5) is 0 Å². The highest BCUT2D eigenvalue weighted by molar-refractivity contribution is 8.24. The molecule has 2 heterocycles. The van der Waals surface area contributed by atoms with Gasteiger partial charge in [-0.1, -0.05) is 27.7 Å².